The van der Waals surface area contributed by atoms with Crippen molar-refractivity contribution in [3.05, 3.63) is 55.1 Å². The van der Waals surface area contributed by atoms with Crippen molar-refractivity contribution in [1.29, 1.82) is 0 Å². The molecule has 6 heteroatoms. The SMILES string of the molecule is COc1ncccc1-c1ccnc(Nc2ccncc2)n1. The molecular weight excluding hydrogens is 266 g/mol. The molecule has 0 aliphatic carbocycles. The molecular formula is C15H13N5O. The number of methoxy groups -OCH3 is 1. The third kappa shape index (κ3) is 2.94. The van der Waals surface area contributed by atoms with Gasteiger partial charge in [0.25, 0.3) is 0 Å². The summed E-state index contributed by atoms with van der Waals surface area (Å²) in [7, 11) is 1.59. The molecule has 3 aromatic rings. The first-order chi connectivity index (χ1) is 10.4. The number of ether oxygens (including phenoxy) is 1. The Bertz CT molecular complexity index is 733. The summed E-state index contributed by atoms with van der Waals surface area (Å²) in [6.45, 7) is 0. The van der Waals surface area contributed by atoms with Gasteiger partial charge in [-0.3, -0.25) is 4.98 Å². The Morgan fingerprint density at radius 1 is 0.952 bits per heavy atom. The van der Waals surface area contributed by atoms with E-state index in [1.807, 2.05) is 30.3 Å². The van der Waals surface area contributed by atoms with Gasteiger partial charge in [0.2, 0.25) is 11.8 Å². The van der Waals surface area contributed by atoms with Crippen LogP contribution < -0.4 is 10.1 Å². The fourth-order valence-electron chi connectivity index (χ4n) is 1.88. The van der Waals surface area contributed by atoms with E-state index in [2.05, 4.69) is 25.3 Å². The largest absolute Gasteiger partial charge is 0.481 e. The summed E-state index contributed by atoms with van der Waals surface area (Å²) in [6.07, 6.45) is 6.78. The van der Waals surface area contributed by atoms with Gasteiger partial charge in [-0.15, -0.1) is 0 Å². The van der Waals surface area contributed by atoms with Crippen LogP contribution in [0.5, 0.6) is 5.88 Å². The van der Waals surface area contributed by atoms with Crippen LogP contribution in [-0.4, -0.2) is 27.0 Å². The minimum atomic E-state index is 0.504. The second kappa shape index (κ2) is 5.96. The van der Waals surface area contributed by atoms with Crippen LogP contribution in [0.4, 0.5) is 11.6 Å². The van der Waals surface area contributed by atoms with Gasteiger partial charge in [-0.25, -0.2) is 15.0 Å². The van der Waals surface area contributed by atoms with E-state index < -0.39 is 0 Å². The first-order valence-electron chi connectivity index (χ1n) is 6.36. The molecule has 0 atom stereocenters. The minimum Gasteiger partial charge on any atom is -0.481 e. The average molecular weight is 279 g/mol. The lowest BCUT2D eigenvalue weighted by atomic mass is 10.2. The zero-order chi connectivity index (χ0) is 14.5. The van der Waals surface area contributed by atoms with Crippen molar-refractivity contribution in [3.63, 3.8) is 0 Å². The van der Waals surface area contributed by atoms with Crippen molar-refractivity contribution >= 4 is 11.6 Å². The quantitative estimate of drug-likeness (QED) is 0.791. The normalized spacial score (nSPS) is 10.1. The monoisotopic (exact) mass is 279 g/mol. The number of nitrogens with zero attached hydrogens (tertiary/aromatic N) is 4. The number of rotatable bonds is 4. The van der Waals surface area contributed by atoms with Crippen LogP contribution in [0, 0.1) is 0 Å². The Kier molecular flexibility index (Phi) is 3.68. The molecule has 0 aromatic carbocycles. The van der Waals surface area contributed by atoms with E-state index in [1.54, 1.807) is 31.9 Å². The second-order valence-corrected chi connectivity index (χ2v) is 4.19. The zero-order valence-electron chi connectivity index (χ0n) is 11.4. The van der Waals surface area contributed by atoms with Gasteiger partial charge in [-0.05, 0) is 30.3 Å². The van der Waals surface area contributed by atoms with Crippen LogP contribution in [0.15, 0.2) is 55.1 Å². The zero-order valence-corrected chi connectivity index (χ0v) is 11.4. The molecule has 0 saturated carbocycles. The van der Waals surface area contributed by atoms with Crippen LogP contribution in [0.2, 0.25) is 0 Å². The maximum atomic E-state index is 5.26. The third-order valence-electron chi connectivity index (χ3n) is 2.83. The van der Waals surface area contributed by atoms with Gasteiger partial charge < -0.3 is 10.1 Å². The highest BCUT2D eigenvalue weighted by molar-refractivity contribution is 5.66. The minimum absolute atomic E-state index is 0.504. The topological polar surface area (TPSA) is 72.8 Å². The fraction of sp³-hybridized carbons (Fsp3) is 0.0667. The number of nitrogens with one attached hydrogen (secondary N) is 1. The molecule has 0 fully saturated rings. The number of aromatic nitrogens is 4. The van der Waals surface area contributed by atoms with E-state index in [0.29, 0.717) is 11.8 Å². The van der Waals surface area contributed by atoms with E-state index in [0.717, 1.165) is 16.9 Å². The van der Waals surface area contributed by atoms with Crippen LogP contribution in [0.25, 0.3) is 11.3 Å². The number of pyridine rings is 2. The smallest absolute Gasteiger partial charge is 0.227 e. The van der Waals surface area contributed by atoms with Crippen molar-refractivity contribution in [2.75, 3.05) is 12.4 Å². The molecule has 21 heavy (non-hydrogen) atoms. The molecule has 0 aliphatic heterocycles. The van der Waals surface area contributed by atoms with Crippen LogP contribution in [-0.2, 0) is 0 Å². The molecule has 0 unspecified atom stereocenters. The first kappa shape index (κ1) is 13.0. The van der Waals surface area contributed by atoms with Gasteiger partial charge in [0.1, 0.15) is 0 Å². The Hall–Kier alpha value is -3.02. The van der Waals surface area contributed by atoms with E-state index in [9.17, 15) is 0 Å². The molecule has 0 aliphatic rings. The summed E-state index contributed by atoms with van der Waals surface area (Å²) in [5.41, 5.74) is 2.44. The van der Waals surface area contributed by atoms with Gasteiger partial charge in [-0.2, -0.15) is 0 Å². The maximum Gasteiger partial charge on any atom is 0.227 e. The lowest BCUT2D eigenvalue weighted by Gasteiger charge is -2.08. The highest BCUT2D eigenvalue weighted by Gasteiger charge is 2.08. The average Bonchev–Trinajstić information content (AvgIpc) is 2.56. The lowest BCUT2D eigenvalue weighted by Crippen LogP contribution is -1.99. The predicted molar refractivity (Wildman–Crippen MR) is 79.3 cm³/mol. The molecule has 0 bridgehead atoms. The summed E-state index contributed by atoms with van der Waals surface area (Å²) >= 11 is 0. The van der Waals surface area contributed by atoms with Crippen molar-refractivity contribution in [3.8, 4) is 17.1 Å². The predicted octanol–water partition coefficient (Wildman–Crippen LogP) is 2.69. The second-order valence-electron chi connectivity index (χ2n) is 4.19. The Morgan fingerprint density at radius 2 is 1.81 bits per heavy atom. The summed E-state index contributed by atoms with van der Waals surface area (Å²) < 4.78 is 5.26. The molecule has 0 radical (unpaired) electrons. The molecule has 3 rings (SSSR count). The molecule has 0 spiro atoms. The molecule has 3 heterocycles. The molecule has 6 nitrogen and oxygen atoms in total. The van der Waals surface area contributed by atoms with Crippen molar-refractivity contribution in [2.24, 2.45) is 0 Å². The van der Waals surface area contributed by atoms with Gasteiger partial charge in [0.05, 0.1) is 18.4 Å². The van der Waals surface area contributed by atoms with E-state index in [1.165, 1.54) is 0 Å². The molecule has 0 amide bonds. The van der Waals surface area contributed by atoms with Crippen molar-refractivity contribution in [2.45, 2.75) is 0 Å². The van der Waals surface area contributed by atoms with Crippen molar-refractivity contribution < 1.29 is 4.74 Å². The maximum absolute atomic E-state index is 5.26. The van der Waals surface area contributed by atoms with Crippen molar-refractivity contribution in [1.82, 2.24) is 19.9 Å². The summed E-state index contributed by atoms with van der Waals surface area (Å²) in [5, 5.41) is 3.13. The molecule has 3 aromatic heterocycles. The van der Waals surface area contributed by atoms with Crippen LogP contribution >= 0.6 is 0 Å². The standard InChI is InChI=1S/C15H13N5O/c1-21-14-12(3-2-7-17-14)13-6-10-18-15(20-13)19-11-4-8-16-9-5-11/h2-10H,1H3,(H,16,18,19,20). The number of hydrogen-bond donors (Lipinski definition) is 1. The summed E-state index contributed by atoms with van der Waals surface area (Å²) in [4.78, 5) is 16.8. The fourth-order valence-corrected chi connectivity index (χ4v) is 1.88. The van der Waals surface area contributed by atoms with Crippen LogP contribution in [0.1, 0.15) is 0 Å². The Labute approximate surface area is 121 Å². The summed E-state index contributed by atoms with van der Waals surface area (Å²) in [5.74, 6) is 1.04. The number of hydrogen-bond acceptors (Lipinski definition) is 6. The van der Waals surface area contributed by atoms with Gasteiger partial charge >= 0.3 is 0 Å². The highest BCUT2D eigenvalue weighted by Crippen LogP contribution is 2.26. The molecule has 1 N–H and O–H groups in total. The van der Waals surface area contributed by atoms with Gasteiger partial charge in [0.15, 0.2) is 0 Å². The van der Waals surface area contributed by atoms with Gasteiger partial charge in [0, 0.05) is 30.5 Å². The molecule has 104 valence electrons. The Balaban J connectivity index is 1.93. The third-order valence-corrected chi connectivity index (χ3v) is 2.83. The summed E-state index contributed by atoms with van der Waals surface area (Å²) in [6, 6.07) is 9.26. The highest BCUT2D eigenvalue weighted by atomic mass is 16.5. The Morgan fingerprint density at radius 3 is 2.62 bits per heavy atom. The van der Waals surface area contributed by atoms with E-state index in [4.69, 9.17) is 4.74 Å². The van der Waals surface area contributed by atoms with Crippen LogP contribution in [0.3, 0.4) is 0 Å². The van der Waals surface area contributed by atoms with E-state index in [-0.39, 0.29) is 0 Å². The first-order valence-corrected chi connectivity index (χ1v) is 6.36. The lowest BCUT2D eigenvalue weighted by molar-refractivity contribution is 0.399. The number of anilines is 2. The van der Waals surface area contributed by atoms with E-state index >= 15 is 0 Å². The molecule has 0 saturated heterocycles. The van der Waals surface area contributed by atoms with Gasteiger partial charge in [-0.1, -0.05) is 0 Å².